The van der Waals surface area contributed by atoms with E-state index in [1.807, 2.05) is 0 Å². The third kappa shape index (κ3) is 2.91. The third-order valence-corrected chi connectivity index (χ3v) is 4.22. The fraction of sp³-hybridized carbons (Fsp3) is 0.286. The van der Waals surface area contributed by atoms with Crippen LogP contribution in [0, 0.1) is 10.1 Å². The topological polar surface area (TPSA) is 88.4 Å². The summed E-state index contributed by atoms with van der Waals surface area (Å²) in [5.74, 6) is -0.374. The smallest absolute Gasteiger partial charge is 0.270 e. The average molecular weight is 318 g/mol. The molecule has 2 aromatic rings. The Morgan fingerprint density at radius 2 is 2.14 bits per heavy atom. The minimum atomic E-state index is -0.492. The molecule has 0 unspecified atom stereocenters. The summed E-state index contributed by atoms with van der Waals surface area (Å²) in [6.45, 7) is 1.71. The SMILES string of the molecule is O=C(Nc1nccs1)c1cc([N+](=O)[O-])ccc1N1CCCC1. The second kappa shape index (κ2) is 6.10. The number of aromatic nitrogens is 1. The van der Waals surface area contributed by atoms with Gasteiger partial charge in [-0.1, -0.05) is 0 Å². The molecule has 2 heterocycles. The highest BCUT2D eigenvalue weighted by Gasteiger charge is 2.22. The standard InChI is InChI=1S/C14H14N4O3S/c19-13(16-14-15-5-8-22-14)11-9-10(18(20)21)3-4-12(11)17-6-1-2-7-17/h3-5,8-9H,1-2,6-7H2,(H,15,16,19). The minimum Gasteiger partial charge on any atom is -0.371 e. The maximum atomic E-state index is 12.5. The number of hydrogen-bond donors (Lipinski definition) is 1. The van der Waals surface area contributed by atoms with Gasteiger partial charge >= 0.3 is 0 Å². The lowest BCUT2D eigenvalue weighted by atomic mass is 10.1. The summed E-state index contributed by atoms with van der Waals surface area (Å²) >= 11 is 1.30. The van der Waals surface area contributed by atoms with Crippen molar-refractivity contribution in [2.24, 2.45) is 0 Å². The fourth-order valence-electron chi connectivity index (χ4n) is 2.50. The van der Waals surface area contributed by atoms with E-state index >= 15 is 0 Å². The molecular formula is C14H14N4O3S. The van der Waals surface area contributed by atoms with Gasteiger partial charge in [0.25, 0.3) is 11.6 Å². The van der Waals surface area contributed by atoms with Gasteiger partial charge in [-0.05, 0) is 18.9 Å². The van der Waals surface area contributed by atoms with Gasteiger partial charge in [0.15, 0.2) is 5.13 Å². The van der Waals surface area contributed by atoms with Crippen molar-refractivity contribution in [1.29, 1.82) is 0 Å². The Bertz CT molecular complexity index is 696. The maximum absolute atomic E-state index is 12.5. The van der Waals surface area contributed by atoms with E-state index in [0.717, 1.165) is 31.6 Å². The highest BCUT2D eigenvalue weighted by atomic mass is 32.1. The van der Waals surface area contributed by atoms with E-state index < -0.39 is 4.92 Å². The van der Waals surface area contributed by atoms with Crippen molar-refractivity contribution in [3.63, 3.8) is 0 Å². The number of thiazole rings is 1. The van der Waals surface area contributed by atoms with E-state index in [1.54, 1.807) is 17.6 Å². The van der Waals surface area contributed by atoms with Gasteiger partial charge in [0.2, 0.25) is 0 Å². The van der Waals surface area contributed by atoms with E-state index in [9.17, 15) is 14.9 Å². The monoisotopic (exact) mass is 318 g/mol. The highest BCUT2D eigenvalue weighted by molar-refractivity contribution is 7.13. The molecule has 0 atom stereocenters. The number of nitrogens with zero attached hydrogens (tertiary/aromatic N) is 3. The van der Waals surface area contributed by atoms with Crippen molar-refractivity contribution >= 4 is 33.8 Å². The zero-order valence-electron chi connectivity index (χ0n) is 11.7. The van der Waals surface area contributed by atoms with Gasteiger partial charge in [-0.2, -0.15) is 0 Å². The molecular weight excluding hydrogens is 304 g/mol. The molecule has 1 N–H and O–H groups in total. The van der Waals surface area contributed by atoms with Crippen LogP contribution in [0.5, 0.6) is 0 Å². The molecule has 22 heavy (non-hydrogen) atoms. The van der Waals surface area contributed by atoms with Crippen LogP contribution in [0.3, 0.4) is 0 Å². The molecule has 1 aliphatic heterocycles. The molecule has 0 radical (unpaired) electrons. The van der Waals surface area contributed by atoms with E-state index in [-0.39, 0.29) is 11.6 Å². The van der Waals surface area contributed by atoms with Crippen LogP contribution >= 0.6 is 11.3 Å². The maximum Gasteiger partial charge on any atom is 0.270 e. The summed E-state index contributed by atoms with van der Waals surface area (Å²) in [5.41, 5.74) is 0.954. The molecule has 1 amide bonds. The summed E-state index contributed by atoms with van der Waals surface area (Å²) in [4.78, 5) is 29.0. The summed E-state index contributed by atoms with van der Waals surface area (Å²) in [7, 11) is 0. The van der Waals surface area contributed by atoms with Crippen LogP contribution in [0.4, 0.5) is 16.5 Å². The predicted molar refractivity (Wildman–Crippen MR) is 84.6 cm³/mol. The Balaban J connectivity index is 1.95. The molecule has 0 saturated carbocycles. The Labute approximate surface area is 130 Å². The van der Waals surface area contributed by atoms with Gasteiger partial charge in [-0.3, -0.25) is 20.2 Å². The molecule has 8 heteroatoms. The van der Waals surface area contributed by atoms with E-state index in [1.165, 1.54) is 23.5 Å². The van der Waals surface area contributed by atoms with Crippen LogP contribution in [0.1, 0.15) is 23.2 Å². The minimum absolute atomic E-state index is 0.0905. The second-order valence-electron chi connectivity index (χ2n) is 4.94. The lowest BCUT2D eigenvalue weighted by molar-refractivity contribution is -0.384. The van der Waals surface area contributed by atoms with Gasteiger partial charge in [-0.15, -0.1) is 11.3 Å². The van der Waals surface area contributed by atoms with Crippen molar-refractivity contribution in [2.45, 2.75) is 12.8 Å². The number of anilines is 2. The van der Waals surface area contributed by atoms with Gasteiger partial charge < -0.3 is 4.90 Å². The number of benzene rings is 1. The summed E-state index contributed by atoms with van der Waals surface area (Å²) in [6.07, 6.45) is 3.71. The van der Waals surface area contributed by atoms with Crippen molar-refractivity contribution in [3.8, 4) is 0 Å². The Hall–Kier alpha value is -2.48. The highest BCUT2D eigenvalue weighted by Crippen LogP contribution is 2.29. The number of carbonyl (C=O) groups is 1. The number of carbonyl (C=O) groups excluding carboxylic acids is 1. The first-order chi connectivity index (χ1) is 10.6. The van der Waals surface area contributed by atoms with E-state index in [0.29, 0.717) is 10.7 Å². The molecule has 1 fully saturated rings. The van der Waals surface area contributed by atoms with Gasteiger partial charge in [-0.25, -0.2) is 4.98 Å². The number of amides is 1. The van der Waals surface area contributed by atoms with E-state index in [4.69, 9.17) is 0 Å². The second-order valence-corrected chi connectivity index (χ2v) is 5.84. The average Bonchev–Trinajstić information content (AvgIpc) is 3.19. The number of hydrogen-bond acceptors (Lipinski definition) is 6. The molecule has 114 valence electrons. The molecule has 7 nitrogen and oxygen atoms in total. The number of rotatable bonds is 4. The van der Waals surface area contributed by atoms with Gasteiger partial charge in [0, 0.05) is 36.8 Å². The number of nitrogens with one attached hydrogen (secondary N) is 1. The predicted octanol–water partition coefficient (Wildman–Crippen LogP) is 2.90. The summed E-state index contributed by atoms with van der Waals surface area (Å²) in [5, 5.41) is 15.9. The van der Waals surface area contributed by atoms with Gasteiger partial charge in [0.1, 0.15) is 0 Å². The van der Waals surface area contributed by atoms with Crippen molar-refractivity contribution in [2.75, 3.05) is 23.3 Å². The Kier molecular flexibility index (Phi) is 4.01. The number of nitro benzene ring substituents is 1. The Morgan fingerprint density at radius 3 is 2.77 bits per heavy atom. The zero-order chi connectivity index (χ0) is 15.5. The van der Waals surface area contributed by atoms with Crippen LogP contribution in [0.2, 0.25) is 0 Å². The summed E-state index contributed by atoms with van der Waals surface area (Å²) < 4.78 is 0. The van der Waals surface area contributed by atoms with Gasteiger partial charge in [0.05, 0.1) is 16.2 Å². The van der Waals surface area contributed by atoms with E-state index in [2.05, 4.69) is 15.2 Å². The molecule has 0 aliphatic carbocycles. The Morgan fingerprint density at radius 1 is 1.36 bits per heavy atom. The molecule has 0 spiro atoms. The van der Waals surface area contributed by atoms with Crippen molar-refractivity contribution in [1.82, 2.24) is 4.98 Å². The number of nitro groups is 1. The van der Waals surface area contributed by atoms with Crippen LogP contribution in [-0.4, -0.2) is 28.9 Å². The first-order valence-electron chi connectivity index (χ1n) is 6.89. The number of non-ortho nitro benzene ring substituents is 1. The molecule has 3 rings (SSSR count). The fourth-order valence-corrected chi connectivity index (χ4v) is 3.03. The molecule has 1 aromatic carbocycles. The van der Waals surface area contributed by atoms with Crippen molar-refractivity contribution in [3.05, 3.63) is 45.5 Å². The van der Waals surface area contributed by atoms with Crippen LogP contribution < -0.4 is 10.2 Å². The molecule has 0 bridgehead atoms. The molecule has 1 saturated heterocycles. The molecule has 1 aliphatic rings. The van der Waals surface area contributed by atoms with Crippen LogP contribution in [0.15, 0.2) is 29.8 Å². The lowest BCUT2D eigenvalue weighted by Gasteiger charge is -2.20. The zero-order valence-corrected chi connectivity index (χ0v) is 12.5. The van der Waals surface area contributed by atoms with Crippen LogP contribution in [-0.2, 0) is 0 Å². The normalized spacial score (nSPS) is 14.1. The first-order valence-corrected chi connectivity index (χ1v) is 7.77. The third-order valence-electron chi connectivity index (χ3n) is 3.54. The first kappa shape index (κ1) is 14.5. The summed E-state index contributed by atoms with van der Waals surface area (Å²) in [6, 6.07) is 4.42. The van der Waals surface area contributed by atoms with Crippen LogP contribution in [0.25, 0.3) is 0 Å². The largest absolute Gasteiger partial charge is 0.371 e. The quantitative estimate of drug-likeness (QED) is 0.691. The lowest BCUT2D eigenvalue weighted by Crippen LogP contribution is -2.23. The molecule has 1 aromatic heterocycles. The van der Waals surface area contributed by atoms with Crippen molar-refractivity contribution < 1.29 is 9.72 Å².